The highest BCUT2D eigenvalue weighted by atomic mass is 16.6. The summed E-state index contributed by atoms with van der Waals surface area (Å²) in [5.41, 5.74) is -0.522. The average molecular weight is 256 g/mol. The number of ether oxygens (including phenoxy) is 2. The maximum atomic E-state index is 11.7. The number of nitrogens with one attached hydrogen (secondary N) is 2. The van der Waals surface area contributed by atoms with Gasteiger partial charge in [-0.2, -0.15) is 0 Å². The molecule has 0 saturated carbocycles. The molecule has 0 radical (unpaired) electrons. The normalized spacial score (nSPS) is 32.5. The monoisotopic (exact) mass is 256 g/mol. The molecule has 5 nitrogen and oxygen atoms in total. The SMILES string of the molecule is CC(C)(C)OC(=O)NC1COC2(CCCNC2)C1. The van der Waals surface area contributed by atoms with Gasteiger partial charge in [0.2, 0.25) is 0 Å². The lowest BCUT2D eigenvalue weighted by atomic mass is 9.90. The zero-order valence-electron chi connectivity index (χ0n) is 11.5. The predicted molar refractivity (Wildman–Crippen MR) is 68.6 cm³/mol. The fourth-order valence-electron chi connectivity index (χ4n) is 2.65. The Kier molecular flexibility index (Phi) is 3.82. The van der Waals surface area contributed by atoms with Crippen LogP contribution < -0.4 is 10.6 Å². The van der Waals surface area contributed by atoms with E-state index in [2.05, 4.69) is 10.6 Å². The molecule has 2 N–H and O–H groups in total. The van der Waals surface area contributed by atoms with Crippen molar-refractivity contribution >= 4 is 6.09 Å². The Morgan fingerprint density at radius 1 is 1.50 bits per heavy atom. The lowest BCUT2D eigenvalue weighted by Crippen LogP contribution is -2.46. The lowest BCUT2D eigenvalue weighted by molar-refractivity contribution is -0.0142. The van der Waals surface area contributed by atoms with Gasteiger partial charge in [0, 0.05) is 13.0 Å². The minimum absolute atomic E-state index is 0.0692. The van der Waals surface area contributed by atoms with Crippen molar-refractivity contribution in [1.82, 2.24) is 10.6 Å². The number of alkyl carbamates (subject to hydrolysis) is 1. The first-order valence-corrected chi connectivity index (χ1v) is 6.73. The summed E-state index contributed by atoms with van der Waals surface area (Å²) in [4.78, 5) is 11.7. The third-order valence-corrected chi connectivity index (χ3v) is 3.36. The predicted octanol–water partition coefficient (Wildman–Crippen LogP) is 1.42. The van der Waals surface area contributed by atoms with Crippen molar-refractivity contribution in [2.45, 2.75) is 57.3 Å². The van der Waals surface area contributed by atoms with Crippen LogP contribution in [0.1, 0.15) is 40.0 Å². The zero-order valence-corrected chi connectivity index (χ0v) is 11.5. The molecule has 5 heteroatoms. The molecule has 2 aliphatic rings. The first-order valence-electron chi connectivity index (χ1n) is 6.73. The molecule has 0 aromatic rings. The van der Waals surface area contributed by atoms with Gasteiger partial charge in [0.15, 0.2) is 0 Å². The van der Waals surface area contributed by atoms with Crippen molar-refractivity contribution in [3.8, 4) is 0 Å². The molecule has 104 valence electrons. The van der Waals surface area contributed by atoms with Crippen molar-refractivity contribution in [2.24, 2.45) is 0 Å². The van der Waals surface area contributed by atoms with Crippen molar-refractivity contribution in [2.75, 3.05) is 19.7 Å². The third kappa shape index (κ3) is 3.59. The van der Waals surface area contributed by atoms with Crippen molar-refractivity contribution < 1.29 is 14.3 Å². The highest BCUT2D eigenvalue weighted by Crippen LogP contribution is 2.32. The average Bonchev–Trinajstić information content (AvgIpc) is 2.59. The largest absolute Gasteiger partial charge is 0.444 e. The summed E-state index contributed by atoms with van der Waals surface area (Å²) in [6.45, 7) is 8.13. The number of hydrogen-bond donors (Lipinski definition) is 2. The molecule has 0 aliphatic carbocycles. The van der Waals surface area contributed by atoms with Crippen molar-refractivity contribution in [3.05, 3.63) is 0 Å². The molecule has 1 spiro atoms. The van der Waals surface area contributed by atoms with E-state index in [9.17, 15) is 4.79 Å². The van der Waals surface area contributed by atoms with Gasteiger partial charge in [-0.25, -0.2) is 4.79 Å². The lowest BCUT2D eigenvalue weighted by Gasteiger charge is -2.33. The summed E-state index contributed by atoms with van der Waals surface area (Å²) in [5.74, 6) is 0. The Morgan fingerprint density at radius 3 is 2.89 bits per heavy atom. The minimum atomic E-state index is -0.451. The van der Waals surface area contributed by atoms with Crippen LogP contribution in [0.5, 0.6) is 0 Å². The molecule has 2 unspecified atom stereocenters. The van der Waals surface area contributed by atoms with Gasteiger partial charge in [0.05, 0.1) is 18.2 Å². The van der Waals surface area contributed by atoms with E-state index in [1.165, 1.54) is 0 Å². The second-order valence-electron chi connectivity index (χ2n) is 6.32. The van der Waals surface area contributed by atoms with E-state index >= 15 is 0 Å². The molecule has 18 heavy (non-hydrogen) atoms. The van der Waals surface area contributed by atoms with Crippen LogP contribution in [0.25, 0.3) is 0 Å². The van der Waals surface area contributed by atoms with E-state index in [0.717, 1.165) is 32.4 Å². The first kappa shape index (κ1) is 13.6. The van der Waals surface area contributed by atoms with E-state index in [1.807, 2.05) is 20.8 Å². The molecule has 2 rings (SSSR count). The van der Waals surface area contributed by atoms with Crippen LogP contribution in [-0.2, 0) is 9.47 Å². The molecule has 2 aliphatic heterocycles. The summed E-state index contributed by atoms with van der Waals surface area (Å²) in [5, 5.41) is 6.25. The maximum absolute atomic E-state index is 11.7. The fourth-order valence-corrected chi connectivity index (χ4v) is 2.65. The number of amides is 1. The molecule has 0 bridgehead atoms. The summed E-state index contributed by atoms with van der Waals surface area (Å²) in [7, 11) is 0. The minimum Gasteiger partial charge on any atom is -0.444 e. The van der Waals surface area contributed by atoms with Gasteiger partial charge < -0.3 is 20.1 Å². The van der Waals surface area contributed by atoms with Gasteiger partial charge in [0.25, 0.3) is 0 Å². The van der Waals surface area contributed by atoms with E-state index in [0.29, 0.717) is 6.61 Å². The molecular weight excluding hydrogens is 232 g/mol. The summed E-state index contributed by atoms with van der Waals surface area (Å²) < 4.78 is 11.1. The van der Waals surface area contributed by atoms with Crippen LogP contribution in [0.2, 0.25) is 0 Å². The van der Waals surface area contributed by atoms with Crippen molar-refractivity contribution in [1.29, 1.82) is 0 Å². The highest BCUT2D eigenvalue weighted by Gasteiger charge is 2.42. The highest BCUT2D eigenvalue weighted by molar-refractivity contribution is 5.68. The first-order chi connectivity index (χ1) is 8.39. The number of piperidine rings is 1. The van der Waals surface area contributed by atoms with E-state index in [4.69, 9.17) is 9.47 Å². The zero-order chi connectivity index (χ0) is 13.2. The van der Waals surface area contributed by atoms with Gasteiger partial charge in [0.1, 0.15) is 5.60 Å². The number of carbonyl (C=O) groups is 1. The Labute approximate surface area is 109 Å². The molecule has 2 fully saturated rings. The quantitative estimate of drug-likeness (QED) is 0.745. The Morgan fingerprint density at radius 2 is 2.28 bits per heavy atom. The van der Waals surface area contributed by atoms with Crippen molar-refractivity contribution in [3.63, 3.8) is 0 Å². The van der Waals surface area contributed by atoms with Crippen LogP contribution in [0.4, 0.5) is 4.79 Å². The standard InChI is InChI=1S/C13H24N2O3/c1-12(2,3)18-11(16)15-10-7-13(17-8-10)5-4-6-14-9-13/h10,14H,4-9H2,1-3H3,(H,15,16). The van der Waals surface area contributed by atoms with Crippen LogP contribution >= 0.6 is 0 Å². The molecule has 0 aromatic heterocycles. The van der Waals surface area contributed by atoms with Crippen LogP contribution in [0, 0.1) is 0 Å². The molecule has 2 atom stereocenters. The Hall–Kier alpha value is -0.810. The summed E-state index contributed by atoms with van der Waals surface area (Å²) in [6, 6.07) is 0.0692. The summed E-state index contributed by atoms with van der Waals surface area (Å²) in [6.07, 6.45) is 2.74. The van der Waals surface area contributed by atoms with Gasteiger partial charge in [-0.05, 0) is 40.2 Å². The number of carbonyl (C=O) groups excluding carboxylic acids is 1. The van der Waals surface area contributed by atoms with E-state index in [-0.39, 0.29) is 17.7 Å². The Bertz CT molecular complexity index is 306. The third-order valence-electron chi connectivity index (χ3n) is 3.36. The van der Waals surface area contributed by atoms with Gasteiger partial charge in [-0.1, -0.05) is 0 Å². The topological polar surface area (TPSA) is 59.6 Å². The van der Waals surface area contributed by atoms with Gasteiger partial charge >= 0.3 is 6.09 Å². The second-order valence-corrected chi connectivity index (χ2v) is 6.32. The molecule has 2 heterocycles. The Balaban J connectivity index is 1.80. The van der Waals surface area contributed by atoms with E-state index in [1.54, 1.807) is 0 Å². The maximum Gasteiger partial charge on any atom is 0.407 e. The molecule has 1 amide bonds. The number of rotatable bonds is 1. The van der Waals surface area contributed by atoms with Crippen LogP contribution in [0.3, 0.4) is 0 Å². The van der Waals surface area contributed by atoms with Gasteiger partial charge in [-0.3, -0.25) is 0 Å². The molecule has 2 saturated heterocycles. The second kappa shape index (κ2) is 5.05. The molecule has 0 aromatic carbocycles. The summed E-state index contributed by atoms with van der Waals surface area (Å²) >= 11 is 0. The van der Waals surface area contributed by atoms with Gasteiger partial charge in [-0.15, -0.1) is 0 Å². The van der Waals surface area contributed by atoms with Crippen LogP contribution in [-0.4, -0.2) is 43.0 Å². The number of hydrogen-bond acceptors (Lipinski definition) is 4. The fraction of sp³-hybridized carbons (Fsp3) is 0.923. The smallest absolute Gasteiger partial charge is 0.407 e. The molecular formula is C13H24N2O3. The van der Waals surface area contributed by atoms with Crippen LogP contribution in [0.15, 0.2) is 0 Å². The van der Waals surface area contributed by atoms with E-state index < -0.39 is 5.60 Å².